The van der Waals surface area contributed by atoms with Gasteiger partial charge in [-0.25, -0.2) is 9.59 Å². The molecule has 5 nitrogen and oxygen atoms in total. The van der Waals surface area contributed by atoms with Gasteiger partial charge in [0.05, 0.1) is 0 Å². The maximum absolute atomic E-state index is 13.3. The van der Waals surface area contributed by atoms with Gasteiger partial charge in [-0.3, -0.25) is 0 Å². The van der Waals surface area contributed by atoms with Crippen LogP contribution in [-0.4, -0.2) is 41.8 Å². The summed E-state index contributed by atoms with van der Waals surface area (Å²) in [6.07, 6.45) is -18.1. The van der Waals surface area contributed by atoms with Gasteiger partial charge in [0.2, 0.25) is 0 Å². The highest BCUT2D eigenvalue weighted by Crippen LogP contribution is 2.49. The average Bonchev–Trinajstić information content (AvgIpc) is 2.32. The first-order valence-corrected chi connectivity index (χ1v) is 7.24. The molecule has 1 unspecified atom stereocenters. The van der Waals surface area contributed by atoms with Crippen molar-refractivity contribution in [1.29, 1.82) is 0 Å². The zero-order chi connectivity index (χ0) is 21.1. The fourth-order valence-electron chi connectivity index (χ4n) is 1.69. The van der Waals surface area contributed by atoms with Crippen molar-refractivity contribution in [2.75, 3.05) is 0 Å². The second-order valence-electron chi connectivity index (χ2n) is 6.59. The lowest BCUT2D eigenvalue weighted by Crippen LogP contribution is -2.61. The molecule has 0 N–H and O–H groups in total. The standard InChI is InChI=1S/C15H20F6O5/c1-8(2)10(22)24-9(3)7-13(14(16,17)18,15(19,20)21)26-11(23)25-12(4,5)6/h9H,1,7H2,2-6H3. The molecule has 26 heavy (non-hydrogen) atoms. The third-order valence-corrected chi connectivity index (χ3v) is 2.79. The van der Waals surface area contributed by atoms with Crippen LogP contribution in [0.3, 0.4) is 0 Å². The monoisotopic (exact) mass is 394 g/mol. The van der Waals surface area contributed by atoms with E-state index < -0.39 is 48.2 Å². The van der Waals surface area contributed by atoms with Crippen molar-refractivity contribution >= 4 is 12.1 Å². The molecule has 152 valence electrons. The molecular weight excluding hydrogens is 374 g/mol. The summed E-state index contributed by atoms with van der Waals surface area (Å²) in [5, 5.41) is 0. The van der Waals surface area contributed by atoms with Crippen LogP contribution in [0.4, 0.5) is 31.1 Å². The van der Waals surface area contributed by atoms with Gasteiger partial charge in [0.1, 0.15) is 11.7 Å². The Kier molecular flexibility index (Phi) is 7.17. The fourth-order valence-corrected chi connectivity index (χ4v) is 1.69. The zero-order valence-electron chi connectivity index (χ0n) is 14.8. The number of esters is 1. The Morgan fingerprint density at radius 3 is 1.69 bits per heavy atom. The molecule has 0 aromatic heterocycles. The first-order valence-electron chi connectivity index (χ1n) is 7.24. The molecule has 0 bridgehead atoms. The van der Waals surface area contributed by atoms with E-state index in [4.69, 9.17) is 0 Å². The van der Waals surface area contributed by atoms with Crippen LogP contribution in [0.5, 0.6) is 0 Å². The number of hydrogen-bond acceptors (Lipinski definition) is 5. The van der Waals surface area contributed by atoms with E-state index >= 15 is 0 Å². The van der Waals surface area contributed by atoms with Crippen LogP contribution in [0.25, 0.3) is 0 Å². The van der Waals surface area contributed by atoms with Gasteiger partial charge in [0, 0.05) is 12.0 Å². The normalized spacial score (nSPS) is 14.4. The molecule has 0 aromatic rings. The molecular formula is C15H20F6O5. The van der Waals surface area contributed by atoms with E-state index in [0.717, 1.165) is 13.8 Å². The highest BCUT2D eigenvalue weighted by Gasteiger charge is 2.75. The lowest BCUT2D eigenvalue weighted by molar-refractivity contribution is -0.374. The molecule has 0 saturated carbocycles. The molecule has 0 aliphatic carbocycles. The molecule has 0 heterocycles. The largest absolute Gasteiger partial charge is 0.510 e. The number of halogens is 6. The first kappa shape index (κ1) is 24.1. The minimum absolute atomic E-state index is 0.227. The third kappa shape index (κ3) is 6.41. The summed E-state index contributed by atoms with van der Waals surface area (Å²) in [5.41, 5.74) is -6.54. The van der Waals surface area contributed by atoms with Crippen LogP contribution < -0.4 is 0 Å². The lowest BCUT2D eigenvalue weighted by atomic mass is 9.94. The predicted molar refractivity (Wildman–Crippen MR) is 77.1 cm³/mol. The summed E-state index contributed by atoms with van der Waals surface area (Å²) >= 11 is 0. The maximum Gasteiger partial charge on any atom is 0.510 e. The minimum Gasteiger partial charge on any atom is -0.459 e. The van der Waals surface area contributed by atoms with Crippen molar-refractivity contribution in [3.05, 3.63) is 12.2 Å². The van der Waals surface area contributed by atoms with E-state index in [1.165, 1.54) is 20.8 Å². The van der Waals surface area contributed by atoms with Crippen LogP contribution in [-0.2, 0) is 19.0 Å². The molecule has 0 aliphatic heterocycles. The van der Waals surface area contributed by atoms with Crippen molar-refractivity contribution in [1.82, 2.24) is 0 Å². The number of alkyl halides is 6. The van der Waals surface area contributed by atoms with Gasteiger partial charge in [-0.15, -0.1) is 0 Å². The number of ether oxygens (including phenoxy) is 3. The van der Waals surface area contributed by atoms with E-state index in [9.17, 15) is 35.9 Å². The molecule has 0 radical (unpaired) electrons. The van der Waals surface area contributed by atoms with E-state index in [1.54, 1.807) is 0 Å². The Morgan fingerprint density at radius 1 is 0.962 bits per heavy atom. The van der Waals surface area contributed by atoms with Crippen molar-refractivity contribution in [3.8, 4) is 0 Å². The zero-order valence-corrected chi connectivity index (χ0v) is 14.8. The van der Waals surface area contributed by atoms with Gasteiger partial charge in [-0.1, -0.05) is 6.58 Å². The number of rotatable bonds is 5. The second-order valence-corrected chi connectivity index (χ2v) is 6.59. The highest BCUT2D eigenvalue weighted by atomic mass is 19.4. The second kappa shape index (κ2) is 7.75. The number of hydrogen-bond donors (Lipinski definition) is 0. The van der Waals surface area contributed by atoms with Crippen LogP contribution in [0, 0.1) is 0 Å². The third-order valence-electron chi connectivity index (χ3n) is 2.79. The topological polar surface area (TPSA) is 61.8 Å². The quantitative estimate of drug-likeness (QED) is 0.384. The SMILES string of the molecule is C=C(C)C(=O)OC(C)CC(OC(=O)OC(C)(C)C)(C(F)(F)F)C(F)(F)F. The fraction of sp³-hybridized carbons (Fsp3) is 0.733. The van der Waals surface area contributed by atoms with Crippen LogP contribution in [0.15, 0.2) is 12.2 Å². The van der Waals surface area contributed by atoms with Gasteiger partial charge in [0.25, 0.3) is 0 Å². The van der Waals surface area contributed by atoms with E-state index in [0.29, 0.717) is 0 Å². The van der Waals surface area contributed by atoms with Gasteiger partial charge in [-0.2, -0.15) is 26.3 Å². The van der Waals surface area contributed by atoms with E-state index in [2.05, 4.69) is 20.8 Å². The minimum atomic E-state index is -6.05. The Labute approximate surface area is 146 Å². The molecule has 0 amide bonds. The van der Waals surface area contributed by atoms with Crippen LogP contribution >= 0.6 is 0 Å². The highest BCUT2D eigenvalue weighted by molar-refractivity contribution is 5.87. The number of carbonyl (C=O) groups is 2. The summed E-state index contributed by atoms with van der Waals surface area (Å²) in [4.78, 5) is 22.8. The maximum atomic E-state index is 13.3. The van der Waals surface area contributed by atoms with Gasteiger partial charge < -0.3 is 14.2 Å². The van der Waals surface area contributed by atoms with E-state index in [1.807, 2.05) is 0 Å². The van der Waals surface area contributed by atoms with E-state index in [-0.39, 0.29) is 5.57 Å². The Hall–Kier alpha value is -1.94. The first-order chi connectivity index (χ1) is 11.3. The lowest BCUT2D eigenvalue weighted by Gasteiger charge is -2.38. The van der Waals surface area contributed by atoms with Gasteiger partial charge in [-0.05, 0) is 34.6 Å². The molecule has 0 fully saturated rings. The van der Waals surface area contributed by atoms with Crippen molar-refractivity contribution < 1.29 is 50.1 Å². The van der Waals surface area contributed by atoms with Gasteiger partial charge in [0.15, 0.2) is 0 Å². The summed E-state index contributed by atoms with van der Waals surface area (Å²) < 4.78 is 92.5. The summed E-state index contributed by atoms with van der Waals surface area (Å²) in [7, 11) is 0. The molecule has 0 aliphatic rings. The van der Waals surface area contributed by atoms with Gasteiger partial charge >= 0.3 is 30.1 Å². The molecule has 0 saturated heterocycles. The Morgan fingerprint density at radius 2 is 1.38 bits per heavy atom. The Balaban J connectivity index is 5.83. The number of carbonyl (C=O) groups excluding carboxylic acids is 2. The molecule has 1 atom stereocenters. The predicted octanol–water partition coefficient (Wildman–Crippen LogP) is 4.70. The van der Waals surface area contributed by atoms with Crippen molar-refractivity contribution in [2.24, 2.45) is 0 Å². The molecule has 0 spiro atoms. The van der Waals surface area contributed by atoms with Crippen LogP contribution in [0.2, 0.25) is 0 Å². The molecule has 11 heteroatoms. The van der Waals surface area contributed by atoms with Crippen LogP contribution in [0.1, 0.15) is 41.0 Å². The average molecular weight is 394 g/mol. The summed E-state index contributed by atoms with van der Waals surface area (Å²) in [6.45, 7) is 8.81. The summed E-state index contributed by atoms with van der Waals surface area (Å²) in [5.74, 6) is -1.19. The molecule has 0 rings (SSSR count). The summed E-state index contributed by atoms with van der Waals surface area (Å²) in [6, 6.07) is 0. The van der Waals surface area contributed by atoms with Crippen molar-refractivity contribution in [3.63, 3.8) is 0 Å². The Bertz CT molecular complexity index is 530. The van der Waals surface area contributed by atoms with Crippen molar-refractivity contribution in [2.45, 2.75) is 70.7 Å². The smallest absolute Gasteiger partial charge is 0.459 e. The molecule has 0 aromatic carbocycles.